The van der Waals surface area contributed by atoms with Gasteiger partial charge in [0.05, 0.1) is 16.3 Å². The minimum Gasteiger partial charge on any atom is -0.316 e. The maximum absolute atomic E-state index is 13.3. The van der Waals surface area contributed by atoms with Crippen LogP contribution >= 0.6 is 23.4 Å². The van der Waals surface area contributed by atoms with Gasteiger partial charge in [-0.3, -0.25) is 10.2 Å². The van der Waals surface area contributed by atoms with Crippen LogP contribution < -0.4 is 0 Å². The van der Waals surface area contributed by atoms with Gasteiger partial charge in [-0.1, -0.05) is 23.7 Å². The zero-order chi connectivity index (χ0) is 23.3. The summed E-state index contributed by atoms with van der Waals surface area (Å²) in [6.45, 7) is 3.89. The number of amides is 1. The first-order chi connectivity index (χ1) is 15.8. The van der Waals surface area contributed by atoms with Gasteiger partial charge in [0, 0.05) is 17.0 Å². The van der Waals surface area contributed by atoms with E-state index >= 15 is 0 Å². The summed E-state index contributed by atoms with van der Waals surface area (Å²) < 4.78 is 15.3. The summed E-state index contributed by atoms with van der Waals surface area (Å²) in [6, 6.07) is 15.4. The number of nitrogens with one attached hydrogen (secondary N) is 1. The van der Waals surface area contributed by atoms with Crippen molar-refractivity contribution in [3.8, 4) is 5.69 Å². The number of hydrogen-bond donors (Lipinski definition) is 1. The highest BCUT2D eigenvalue weighted by molar-refractivity contribution is 8.27. The summed E-state index contributed by atoms with van der Waals surface area (Å²) in [5, 5.41) is 15.9. The van der Waals surface area contributed by atoms with Gasteiger partial charge in [-0.2, -0.15) is 15.1 Å². The summed E-state index contributed by atoms with van der Waals surface area (Å²) in [5.41, 5.74) is 4.28. The molecule has 0 aliphatic carbocycles. The molecular formula is C24H17ClFN5OS. The molecule has 33 heavy (non-hydrogen) atoms. The van der Waals surface area contributed by atoms with Crippen molar-refractivity contribution >= 4 is 51.4 Å². The van der Waals surface area contributed by atoms with Crippen LogP contribution in [0.5, 0.6) is 0 Å². The van der Waals surface area contributed by atoms with E-state index in [0.29, 0.717) is 20.8 Å². The van der Waals surface area contributed by atoms with Crippen LogP contribution in [0.15, 0.2) is 70.3 Å². The van der Waals surface area contributed by atoms with Crippen LogP contribution in [-0.4, -0.2) is 31.5 Å². The highest BCUT2D eigenvalue weighted by Crippen LogP contribution is 2.32. The van der Waals surface area contributed by atoms with Crippen molar-refractivity contribution in [1.29, 1.82) is 5.41 Å². The average molecular weight is 478 g/mol. The molecule has 0 radical (unpaired) electrons. The second-order valence-electron chi connectivity index (χ2n) is 7.55. The molecule has 0 saturated carbocycles. The molecule has 0 fully saturated rings. The molecule has 1 aromatic heterocycles. The van der Waals surface area contributed by atoms with Crippen molar-refractivity contribution < 1.29 is 9.18 Å². The van der Waals surface area contributed by atoms with Gasteiger partial charge in [-0.25, -0.2) is 4.39 Å². The van der Waals surface area contributed by atoms with Gasteiger partial charge < -0.3 is 4.57 Å². The Morgan fingerprint density at radius 3 is 2.58 bits per heavy atom. The first-order valence-corrected chi connectivity index (χ1v) is 11.2. The molecule has 2 aliphatic heterocycles. The lowest BCUT2D eigenvalue weighted by Crippen LogP contribution is -2.35. The Morgan fingerprint density at radius 2 is 1.85 bits per heavy atom. The topological polar surface area (TPSA) is 73.8 Å². The van der Waals surface area contributed by atoms with Crippen LogP contribution in [0.2, 0.25) is 5.02 Å². The quantitative estimate of drug-likeness (QED) is 0.502. The lowest BCUT2D eigenvalue weighted by Gasteiger charge is -2.20. The molecule has 164 valence electrons. The lowest BCUT2D eigenvalue weighted by molar-refractivity contribution is -0.114. The van der Waals surface area contributed by atoms with Gasteiger partial charge in [-0.15, -0.1) is 0 Å². The highest BCUT2D eigenvalue weighted by atomic mass is 35.5. The SMILES string of the molecule is Cc1cc(/C=C2\C(=N)N3N=C(c4ccc(F)cc4)SC3=NC2=O)c(C)n1-c1ccccc1Cl. The molecule has 0 unspecified atom stereocenters. The number of thioether (sulfide) groups is 1. The number of aliphatic imine (C=N–C) groups is 1. The molecule has 6 nitrogen and oxygen atoms in total. The highest BCUT2D eigenvalue weighted by Gasteiger charge is 2.36. The van der Waals surface area contributed by atoms with Crippen LogP contribution in [0.25, 0.3) is 11.8 Å². The van der Waals surface area contributed by atoms with Crippen molar-refractivity contribution in [2.24, 2.45) is 10.1 Å². The largest absolute Gasteiger partial charge is 0.316 e. The molecule has 5 rings (SSSR count). The number of halogens is 2. The average Bonchev–Trinajstić information content (AvgIpc) is 3.33. The van der Waals surface area contributed by atoms with E-state index in [1.165, 1.54) is 28.9 Å². The summed E-state index contributed by atoms with van der Waals surface area (Å²) in [4.78, 5) is 16.9. The predicted molar refractivity (Wildman–Crippen MR) is 131 cm³/mol. The Kier molecular flexibility index (Phi) is 5.26. The van der Waals surface area contributed by atoms with Crippen LogP contribution in [0, 0.1) is 25.1 Å². The molecule has 0 bridgehead atoms. The predicted octanol–water partition coefficient (Wildman–Crippen LogP) is 5.55. The fourth-order valence-corrected chi connectivity index (χ4v) is 4.91. The number of para-hydroxylation sites is 1. The van der Waals surface area contributed by atoms with E-state index in [4.69, 9.17) is 17.0 Å². The van der Waals surface area contributed by atoms with E-state index in [-0.39, 0.29) is 17.2 Å². The van der Waals surface area contributed by atoms with Crippen molar-refractivity contribution in [2.45, 2.75) is 13.8 Å². The van der Waals surface area contributed by atoms with Crippen molar-refractivity contribution in [3.05, 3.63) is 93.5 Å². The number of hydrazone groups is 1. The van der Waals surface area contributed by atoms with E-state index < -0.39 is 5.91 Å². The van der Waals surface area contributed by atoms with Crippen molar-refractivity contribution in [1.82, 2.24) is 9.58 Å². The van der Waals surface area contributed by atoms with E-state index in [0.717, 1.165) is 22.6 Å². The number of fused-ring (bicyclic) bond motifs is 1. The standard InChI is InChI=1S/C24H17ClFN5OS/c1-13-11-16(14(2)30(13)20-6-4-3-5-19(20)25)12-18-21(27)31-24(28-22(18)32)33-23(29-31)15-7-9-17(26)10-8-15/h3-12,27H,1-2H3/b18-12+,27-21?. The third-order valence-corrected chi connectivity index (χ3v) is 6.69. The molecule has 3 aromatic rings. The Balaban J connectivity index is 1.52. The Hall–Kier alpha value is -3.49. The van der Waals surface area contributed by atoms with Crippen LogP contribution in [0.1, 0.15) is 22.5 Å². The molecule has 0 atom stereocenters. The zero-order valence-corrected chi connectivity index (χ0v) is 19.2. The molecule has 0 saturated heterocycles. The third-order valence-electron chi connectivity index (χ3n) is 5.41. The van der Waals surface area contributed by atoms with Crippen LogP contribution in [-0.2, 0) is 4.79 Å². The molecule has 3 heterocycles. The minimum absolute atomic E-state index is 0.0582. The first kappa shape index (κ1) is 21.4. The van der Waals surface area contributed by atoms with Crippen molar-refractivity contribution in [2.75, 3.05) is 0 Å². The number of carbonyl (C=O) groups is 1. The first-order valence-electron chi connectivity index (χ1n) is 10.0. The minimum atomic E-state index is -0.503. The van der Waals surface area contributed by atoms with Gasteiger partial charge >= 0.3 is 0 Å². The number of amidine groups is 2. The van der Waals surface area contributed by atoms with Gasteiger partial charge in [0.1, 0.15) is 10.9 Å². The Morgan fingerprint density at radius 1 is 1.12 bits per heavy atom. The molecule has 9 heteroatoms. The van der Waals surface area contributed by atoms with Gasteiger partial charge in [0.2, 0.25) is 5.17 Å². The Bertz CT molecular complexity index is 1420. The molecule has 1 N–H and O–H groups in total. The summed E-state index contributed by atoms with van der Waals surface area (Å²) in [6.07, 6.45) is 1.66. The zero-order valence-electron chi connectivity index (χ0n) is 17.6. The van der Waals surface area contributed by atoms with Gasteiger partial charge in [0.15, 0.2) is 5.84 Å². The number of aromatic nitrogens is 1. The number of carbonyl (C=O) groups excluding carboxylic acids is 1. The Labute approximate surface area is 198 Å². The number of hydrogen-bond acceptors (Lipinski definition) is 4. The van der Waals surface area contributed by atoms with E-state index in [2.05, 4.69) is 10.1 Å². The van der Waals surface area contributed by atoms with E-state index in [1.807, 2.05) is 48.7 Å². The van der Waals surface area contributed by atoms with Crippen LogP contribution in [0.4, 0.5) is 4.39 Å². The normalized spacial score (nSPS) is 16.8. The van der Waals surface area contributed by atoms with Crippen LogP contribution in [0.3, 0.4) is 0 Å². The summed E-state index contributed by atoms with van der Waals surface area (Å²) in [5.74, 6) is -0.908. The monoisotopic (exact) mass is 477 g/mol. The number of rotatable bonds is 3. The van der Waals surface area contributed by atoms with E-state index in [9.17, 15) is 9.18 Å². The maximum Gasteiger partial charge on any atom is 0.283 e. The molecule has 2 aromatic carbocycles. The molecule has 1 amide bonds. The van der Waals surface area contributed by atoms with Gasteiger partial charge in [0.25, 0.3) is 5.91 Å². The smallest absolute Gasteiger partial charge is 0.283 e. The maximum atomic E-state index is 13.3. The summed E-state index contributed by atoms with van der Waals surface area (Å²) in [7, 11) is 0. The van der Waals surface area contributed by atoms with E-state index in [1.54, 1.807) is 18.2 Å². The molecule has 0 spiro atoms. The molecule has 2 aliphatic rings. The fourth-order valence-electron chi connectivity index (χ4n) is 3.79. The number of benzene rings is 2. The van der Waals surface area contributed by atoms with Crippen molar-refractivity contribution in [3.63, 3.8) is 0 Å². The molecular weight excluding hydrogens is 461 g/mol. The number of aryl methyl sites for hydroxylation is 1. The number of nitrogens with zero attached hydrogens (tertiary/aromatic N) is 4. The second kappa shape index (κ2) is 8.13. The summed E-state index contributed by atoms with van der Waals surface area (Å²) >= 11 is 7.57. The fraction of sp³-hybridized carbons (Fsp3) is 0.0833. The second-order valence-corrected chi connectivity index (χ2v) is 8.91. The third kappa shape index (κ3) is 3.71. The van der Waals surface area contributed by atoms with Gasteiger partial charge in [-0.05, 0) is 79.7 Å². The lowest BCUT2D eigenvalue weighted by atomic mass is 10.1.